The fourth-order valence-electron chi connectivity index (χ4n) is 1.55. The summed E-state index contributed by atoms with van der Waals surface area (Å²) >= 11 is 1.72. The lowest BCUT2D eigenvalue weighted by atomic mass is 10.1. The van der Waals surface area contributed by atoms with Gasteiger partial charge in [0.05, 0.1) is 7.11 Å². The molecule has 1 atom stereocenters. The molecule has 1 N–H and O–H groups in total. The molecule has 1 aromatic carbocycles. The van der Waals surface area contributed by atoms with E-state index in [1.807, 2.05) is 37.4 Å². The minimum absolute atomic E-state index is 0.206. The largest absolute Gasteiger partial charge is 0.467 e. The molecule has 0 saturated carbocycles. The quantitative estimate of drug-likeness (QED) is 0.791. The van der Waals surface area contributed by atoms with Gasteiger partial charge in [0, 0.05) is 5.69 Å². The van der Waals surface area contributed by atoms with Crippen molar-refractivity contribution in [3.8, 4) is 0 Å². The Bertz CT molecular complexity index is 368. The van der Waals surface area contributed by atoms with Crippen molar-refractivity contribution in [1.29, 1.82) is 0 Å². The number of para-hydroxylation sites is 1. The lowest BCUT2D eigenvalue weighted by molar-refractivity contribution is -0.141. The summed E-state index contributed by atoms with van der Waals surface area (Å²) in [5.41, 5.74) is 2.12. The van der Waals surface area contributed by atoms with Crippen LogP contribution in [-0.2, 0) is 9.53 Å². The van der Waals surface area contributed by atoms with Crippen molar-refractivity contribution >= 4 is 23.4 Å². The Hall–Kier alpha value is -1.16. The molecule has 0 aromatic heterocycles. The zero-order valence-corrected chi connectivity index (χ0v) is 11.3. The number of hydrogen-bond donors (Lipinski definition) is 1. The maximum absolute atomic E-state index is 11.6. The van der Waals surface area contributed by atoms with Gasteiger partial charge in [-0.1, -0.05) is 18.2 Å². The summed E-state index contributed by atoms with van der Waals surface area (Å²) in [6.07, 6.45) is 2.80. The molecule has 1 rings (SSSR count). The van der Waals surface area contributed by atoms with E-state index in [4.69, 9.17) is 4.74 Å². The van der Waals surface area contributed by atoms with Crippen molar-refractivity contribution in [2.45, 2.75) is 19.4 Å². The highest BCUT2D eigenvalue weighted by atomic mass is 32.2. The van der Waals surface area contributed by atoms with Gasteiger partial charge in [0.2, 0.25) is 0 Å². The van der Waals surface area contributed by atoms with Crippen LogP contribution in [0.4, 0.5) is 5.69 Å². The average Bonchev–Trinajstić information content (AvgIpc) is 2.35. The van der Waals surface area contributed by atoms with Gasteiger partial charge in [-0.15, -0.1) is 0 Å². The number of esters is 1. The van der Waals surface area contributed by atoms with E-state index >= 15 is 0 Å². The molecular formula is C13H19NO2S. The minimum Gasteiger partial charge on any atom is -0.467 e. The first-order valence-electron chi connectivity index (χ1n) is 5.58. The number of aryl methyl sites for hydroxylation is 1. The third kappa shape index (κ3) is 4.30. The van der Waals surface area contributed by atoms with Crippen molar-refractivity contribution in [2.24, 2.45) is 0 Å². The lowest BCUT2D eigenvalue weighted by Crippen LogP contribution is -2.31. The van der Waals surface area contributed by atoms with Crippen molar-refractivity contribution in [1.82, 2.24) is 0 Å². The Morgan fingerprint density at radius 2 is 2.18 bits per heavy atom. The second-order valence-corrected chi connectivity index (χ2v) is 4.80. The number of hydrogen-bond acceptors (Lipinski definition) is 4. The van der Waals surface area contributed by atoms with E-state index in [0.717, 1.165) is 23.4 Å². The van der Waals surface area contributed by atoms with Gasteiger partial charge in [-0.05, 0) is 37.0 Å². The second kappa shape index (κ2) is 7.22. The van der Waals surface area contributed by atoms with E-state index in [1.165, 1.54) is 7.11 Å². The monoisotopic (exact) mass is 253 g/mol. The van der Waals surface area contributed by atoms with Gasteiger partial charge < -0.3 is 10.1 Å². The predicted octanol–water partition coefficient (Wildman–Crippen LogP) is 2.70. The molecule has 94 valence electrons. The summed E-state index contributed by atoms with van der Waals surface area (Å²) in [4.78, 5) is 11.6. The lowest BCUT2D eigenvalue weighted by Gasteiger charge is -2.18. The maximum atomic E-state index is 11.6. The van der Waals surface area contributed by atoms with Crippen LogP contribution in [0.3, 0.4) is 0 Å². The molecule has 0 aliphatic carbocycles. The fraction of sp³-hybridized carbons (Fsp3) is 0.462. The predicted molar refractivity (Wildman–Crippen MR) is 73.6 cm³/mol. The Morgan fingerprint density at radius 1 is 1.47 bits per heavy atom. The van der Waals surface area contributed by atoms with Gasteiger partial charge in [0.15, 0.2) is 0 Å². The van der Waals surface area contributed by atoms with E-state index in [1.54, 1.807) is 11.8 Å². The molecule has 0 fully saturated rings. The summed E-state index contributed by atoms with van der Waals surface area (Å²) in [5.74, 6) is 0.723. The van der Waals surface area contributed by atoms with E-state index in [0.29, 0.717) is 0 Å². The van der Waals surface area contributed by atoms with Gasteiger partial charge >= 0.3 is 5.97 Å². The van der Waals surface area contributed by atoms with Gasteiger partial charge in [-0.3, -0.25) is 0 Å². The summed E-state index contributed by atoms with van der Waals surface area (Å²) in [5, 5.41) is 3.24. The van der Waals surface area contributed by atoms with E-state index < -0.39 is 0 Å². The number of carbonyl (C=O) groups is 1. The minimum atomic E-state index is -0.270. The van der Waals surface area contributed by atoms with Crippen molar-refractivity contribution in [3.05, 3.63) is 29.8 Å². The fourth-order valence-corrected chi connectivity index (χ4v) is 2.02. The van der Waals surface area contributed by atoms with Crippen LogP contribution in [-0.4, -0.2) is 31.1 Å². The number of carbonyl (C=O) groups excluding carboxylic acids is 1. The Morgan fingerprint density at radius 3 is 2.76 bits per heavy atom. The first kappa shape index (κ1) is 13.9. The molecule has 0 saturated heterocycles. The zero-order chi connectivity index (χ0) is 12.7. The molecule has 4 heteroatoms. The Kier molecular flexibility index (Phi) is 5.91. The molecule has 0 spiro atoms. The Labute approximate surface area is 107 Å². The second-order valence-electron chi connectivity index (χ2n) is 3.82. The molecule has 1 aromatic rings. The van der Waals surface area contributed by atoms with Crippen LogP contribution in [0.15, 0.2) is 24.3 Å². The molecule has 0 radical (unpaired) electrons. The van der Waals surface area contributed by atoms with Crippen LogP contribution in [0.2, 0.25) is 0 Å². The normalized spacial score (nSPS) is 11.9. The summed E-state index contributed by atoms with van der Waals surface area (Å²) in [6, 6.07) is 7.66. The van der Waals surface area contributed by atoms with E-state index in [-0.39, 0.29) is 12.0 Å². The molecule has 0 aliphatic rings. The average molecular weight is 253 g/mol. The smallest absolute Gasteiger partial charge is 0.328 e. The molecule has 0 aliphatic heterocycles. The van der Waals surface area contributed by atoms with Crippen molar-refractivity contribution in [3.63, 3.8) is 0 Å². The van der Waals surface area contributed by atoms with Gasteiger partial charge in [0.25, 0.3) is 0 Å². The molecule has 3 nitrogen and oxygen atoms in total. The topological polar surface area (TPSA) is 38.3 Å². The third-order valence-electron chi connectivity index (χ3n) is 2.57. The number of nitrogens with one attached hydrogen (secondary N) is 1. The first-order valence-corrected chi connectivity index (χ1v) is 6.97. The molecule has 0 amide bonds. The highest BCUT2D eigenvalue weighted by Gasteiger charge is 2.18. The van der Waals surface area contributed by atoms with Crippen LogP contribution in [0.5, 0.6) is 0 Å². The third-order valence-corrected chi connectivity index (χ3v) is 3.22. The first-order chi connectivity index (χ1) is 8.19. The van der Waals surface area contributed by atoms with Crippen LogP contribution < -0.4 is 5.32 Å². The van der Waals surface area contributed by atoms with Gasteiger partial charge in [0.1, 0.15) is 6.04 Å². The summed E-state index contributed by atoms with van der Waals surface area (Å²) in [6.45, 7) is 2.02. The van der Waals surface area contributed by atoms with E-state index in [2.05, 4.69) is 5.32 Å². The van der Waals surface area contributed by atoms with Crippen LogP contribution in [0.1, 0.15) is 12.0 Å². The zero-order valence-electron chi connectivity index (χ0n) is 10.5. The van der Waals surface area contributed by atoms with Crippen LogP contribution >= 0.6 is 11.8 Å². The van der Waals surface area contributed by atoms with Crippen LogP contribution in [0, 0.1) is 6.92 Å². The van der Waals surface area contributed by atoms with Crippen LogP contribution in [0.25, 0.3) is 0 Å². The molecule has 0 heterocycles. The number of rotatable bonds is 6. The SMILES string of the molecule is COC(=O)[C@H](CCSC)Nc1ccccc1C. The Balaban J connectivity index is 2.72. The molecule has 0 bridgehead atoms. The summed E-state index contributed by atoms with van der Waals surface area (Å²) < 4.78 is 4.81. The highest BCUT2D eigenvalue weighted by Crippen LogP contribution is 2.16. The maximum Gasteiger partial charge on any atom is 0.328 e. The van der Waals surface area contributed by atoms with Gasteiger partial charge in [-0.25, -0.2) is 4.79 Å². The molecule has 17 heavy (non-hydrogen) atoms. The number of methoxy groups -OCH3 is 1. The molecular weight excluding hydrogens is 234 g/mol. The van der Waals surface area contributed by atoms with Gasteiger partial charge in [-0.2, -0.15) is 11.8 Å². The number of ether oxygens (including phenoxy) is 1. The standard InChI is InChI=1S/C13H19NO2S/c1-10-6-4-5-7-11(10)14-12(8-9-17-3)13(15)16-2/h4-7,12,14H,8-9H2,1-3H3/t12-/m0/s1. The van der Waals surface area contributed by atoms with E-state index in [9.17, 15) is 4.79 Å². The number of anilines is 1. The highest BCUT2D eigenvalue weighted by molar-refractivity contribution is 7.98. The number of thioether (sulfide) groups is 1. The summed E-state index contributed by atoms with van der Waals surface area (Å²) in [7, 11) is 1.42. The number of benzene rings is 1. The van der Waals surface area contributed by atoms with Crippen molar-refractivity contribution < 1.29 is 9.53 Å². The molecule has 0 unspecified atom stereocenters. The van der Waals surface area contributed by atoms with Crippen molar-refractivity contribution in [2.75, 3.05) is 24.4 Å².